The number of carbonyl (C=O) groups is 3. The summed E-state index contributed by atoms with van der Waals surface area (Å²) in [5.74, 6) is -2.62. The fourth-order valence-electron chi connectivity index (χ4n) is 2.38. The number of aryl methyl sites for hydroxylation is 1. The largest absolute Gasteiger partial charge is 0.492 e. The first-order chi connectivity index (χ1) is 12.1. The number of rotatable bonds is 4. The summed E-state index contributed by atoms with van der Waals surface area (Å²) < 4.78 is 25.6. The lowest BCUT2D eigenvalue weighted by Crippen LogP contribution is -2.13. The molecule has 0 unspecified atom stereocenters. The Labute approximate surface area is 147 Å². The van der Waals surface area contributed by atoms with E-state index in [1.54, 1.807) is 0 Å². The summed E-state index contributed by atoms with van der Waals surface area (Å²) in [5.41, 5.74) is -0.850. The van der Waals surface area contributed by atoms with E-state index < -0.39 is 23.5 Å². The van der Waals surface area contributed by atoms with Crippen molar-refractivity contribution in [1.82, 2.24) is 0 Å². The number of methoxy groups -OCH3 is 1. The molecule has 0 spiro atoms. The number of esters is 3. The van der Waals surface area contributed by atoms with E-state index in [9.17, 15) is 19.2 Å². The summed E-state index contributed by atoms with van der Waals surface area (Å²) in [6, 6.07) is 1.15. The Balaban J connectivity index is 3.04. The second-order valence-electron chi connectivity index (χ2n) is 5.21. The topological polar surface area (TPSA) is 118 Å². The number of hydrogen-bond donors (Lipinski definition) is 0. The molecule has 26 heavy (non-hydrogen) atoms. The lowest BCUT2D eigenvalue weighted by Gasteiger charge is -2.16. The molecule has 0 saturated carbocycles. The molecule has 1 aromatic carbocycles. The molecular formula is C17H16O9. The maximum Gasteiger partial charge on any atom is 0.348 e. The third-order valence-electron chi connectivity index (χ3n) is 3.16. The summed E-state index contributed by atoms with van der Waals surface area (Å²) in [7, 11) is 1.27. The van der Waals surface area contributed by atoms with Gasteiger partial charge in [0.2, 0.25) is 0 Å². The maximum atomic E-state index is 12.4. The van der Waals surface area contributed by atoms with E-state index in [0.717, 1.165) is 26.8 Å². The van der Waals surface area contributed by atoms with E-state index in [2.05, 4.69) is 0 Å². The normalized spacial score (nSPS) is 10.3. The molecule has 0 aliphatic heterocycles. The van der Waals surface area contributed by atoms with Gasteiger partial charge in [-0.1, -0.05) is 0 Å². The molecule has 0 saturated heterocycles. The second kappa shape index (κ2) is 7.26. The van der Waals surface area contributed by atoms with Gasteiger partial charge in [0.05, 0.1) is 12.5 Å². The molecule has 0 radical (unpaired) electrons. The molecule has 1 aromatic heterocycles. The van der Waals surface area contributed by atoms with Gasteiger partial charge in [0, 0.05) is 26.8 Å². The van der Waals surface area contributed by atoms with Crippen LogP contribution in [0.1, 0.15) is 26.5 Å². The van der Waals surface area contributed by atoms with Crippen LogP contribution in [0.3, 0.4) is 0 Å². The van der Waals surface area contributed by atoms with Crippen LogP contribution in [0.5, 0.6) is 23.0 Å². The zero-order valence-electron chi connectivity index (χ0n) is 14.8. The molecule has 2 rings (SSSR count). The van der Waals surface area contributed by atoms with Gasteiger partial charge in [0.1, 0.15) is 16.9 Å². The Morgan fingerprint density at radius 1 is 0.846 bits per heavy atom. The van der Waals surface area contributed by atoms with E-state index in [1.807, 2.05) is 0 Å². The van der Waals surface area contributed by atoms with E-state index >= 15 is 0 Å². The zero-order chi connectivity index (χ0) is 19.6. The fraction of sp³-hybridized carbons (Fsp3) is 0.294. The summed E-state index contributed by atoms with van der Waals surface area (Å²) in [5, 5.41) is -0.221. The molecule has 0 N–H and O–H groups in total. The van der Waals surface area contributed by atoms with Gasteiger partial charge < -0.3 is 23.4 Å². The average Bonchev–Trinajstić information content (AvgIpc) is 2.49. The van der Waals surface area contributed by atoms with Crippen molar-refractivity contribution in [3.63, 3.8) is 0 Å². The van der Waals surface area contributed by atoms with Crippen molar-refractivity contribution in [2.45, 2.75) is 27.7 Å². The van der Waals surface area contributed by atoms with Crippen molar-refractivity contribution in [2.75, 3.05) is 7.11 Å². The van der Waals surface area contributed by atoms with Gasteiger partial charge in [-0.15, -0.1) is 0 Å². The van der Waals surface area contributed by atoms with Crippen LogP contribution >= 0.6 is 0 Å². The molecule has 0 aliphatic carbocycles. The van der Waals surface area contributed by atoms with E-state index in [0.29, 0.717) is 0 Å². The average molecular weight is 364 g/mol. The first-order valence-electron chi connectivity index (χ1n) is 7.39. The Morgan fingerprint density at radius 3 is 1.88 bits per heavy atom. The highest BCUT2D eigenvalue weighted by Crippen LogP contribution is 2.45. The molecule has 0 bridgehead atoms. The summed E-state index contributed by atoms with van der Waals surface area (Å²) in [6.07, 6.45) is 0. The minimum absolute atomic E-state index is 0.00949. The molecular weight excluding hydrogens is 348 g/mol. The smallest absolute Gasteiger partial charge is 0.348 e. The van der Waals surface area contributed by atoms with Gasteiger partial charge >= 0.3 is 23.5 Å². The number of benzene rings is 1. The highest BCUT2D eigenvalue weighted by molar-refractivity contribution is 6.01. The summed E-state index contributed by atoms with van der Waals surface area (Å²) >= 11 is 0. The molecule has 0 fully saturated rings. The zero-order valence-corrected chi connectivity index (χ0v) is 14.8. The SMILES string of the molecule is COc1c(OC(C)=O)cc(OC(C)=O)c2c(=O)oc(C)c(OC(C)=O)c12. The van der Waals surface area contributed by atoms with Crippen LogP contribution in [0.15, 0.2) is 15.3 Å². The first-order valence-corrected chi connectivity index (χ1v) is 7.39. The predicted molar refractivity (Wildman–Crippen MR) is 87.7 cm³/mol. The first kappa shape index (κ1) is 19.0. The Morgan fingerprint density at radius 2 is 1.38 bits per heavy atom. The van der Waals surface area contributed by atoms with E-state index in [1.165, 1.54) is 14.0 Å². The number of fused-ring (bicyclic) bond motifs is 1. The minimum Gasteiger partial charge on any atom is -0.492 e. The molecule has 0 aliphatic rings. The van der Waals surface area contributed by atoms with Gasteiger partial charge in [-0.05, 0) is 6.92 Å². The molecule has 138 valence electrons. The van der Waals surface area contributed by atoms with Crippen molar-refractivity contribution >= 4 is 28.7 Å². The van der Waals surface area contributed by atoms with Gasteiger partial charge in [-0.25, -0.2) is 4.79 Å². The number of hydrogen-bond acceptors (Lipinski definition) is 9. The van der Waals surface area contributed by atoms with Crippen LogP contribution in [0.4, 0.5) is 0 Å². The van der Waals surface area contributed by atoms with E-state index in [4.69, 9.17) is 23.4 Å². The minimum atomic E-state index is -0.850. The molecule has 0 atom stereocenters. The van der Waals surface area contributed by atoms with Crippen molar-refractivity contribution in [1.29, 1.82) is 0 Å². The molecule has 9 nitrogen and oxygen atoms in total. The van der Waals surface area contributed by atoms with Crippen molar-refractivity contribution < 1.29 is 37.7 Å². The van der Waals surface area contributed by atoms with Crippen LogP contribution < -0.4 is 24.6 Å². The van der Waals surface area contributed by atoms with Crippen LogP contribution in [0, 0.1) is 6.92 Å². The lowest BCUT2D eigenvalue weighted by molar-refractivity contribution is -0.133. The predicted octanol–water partition coefficient (Wildman–Crippen LogP) is 1.89. The molecule has 1 heterocycles. The fourth-order valence-corrected chi connectivity index (χ4v) is 2.38. The Bertz CT molecular complexity index is 969. The van der Waals surface area contributed by atoms with Gasteiger partial charge in [-0.2, -0.15) is 0 Å². The molecule has 2 aromatic rings. The standard InChI is InChI=1S/C17H16O9/c1-7-15(26-10(4)20)14-13(17(21)23-7)11(24-8(2)18)6-12(16(14)22-5)25-9(3)19/h6H,1-5H3. The highest BCUT2D eigenvalue weighted by Gasteiger charge is 2.26. The Kier molecular flexibility index (Phi) is 5.30. The lowest BCUT2D eigenvalue weighted by atomic mass is 10.1. The van der Waals surface area contributed by atoms with Crippen molar-refractivity contribution in [2.24, 2.45) is 0 Å². The highest BCUT2D eigenvalue weighted by atomic mass is 16.6. The van der Waals surface area contributed by atoms with Gasteiger partial charge in [0.25, 0.3) is 0 Å². The Hall–Kier alpha value is -3.36. The maximum absolute atomic E-state index is 12.4. The third kappa shape index (κ3) is 3.66. The van der Waals surface area contributed by atoms with Crippen LogP contribution in [0.2, 0.25) is 0 Å². The second-order valence-corrected chi connectivity index (χ2v) is 5.21. The molecule has 0 amide bonds. The van der Waals surface area contributed by atoms with Crippen LogP contribution in [0.25, 0.3) is 10.8 Å². The monoisotopic (exact) mass is 364 g/mol. The van der Waals surface area contributed by atoms with Crippen LogP contribution in [-0.2, 0) is 14.4 Å². The van der Waals surface area contributed by atoms with Gasteiger partial charge in [-0.3, -0.25) is 14.4 Å². The van der Waals surface area contributed by atoms with Crippen LogP contribution in [-0.4, -0.2) is 25.0 Å². The summed E-state index contributed by atoms with van der Waals surface area (Å²) in [4.78, 5) is 46.6. The number of ether oxygens (including phenoxy) is 4. The number of carbonyl (C=O) groups excluding carboxylic acids is 3. The third-order valence-corrected chi connectivity index (χ3v) is 3.16. The molecule has 9 heteroatoms. The van der Waals surface area contributed by atoms with Crippen molar-refractivity contribution in [3.8, 4) is 23.0 Å². The van der Waals surface area contributed by atoms with E-state index in [-0.39, 0.29) is 39.5 Å². The van der Waals surface area contributed by atoms with Crippen molar-refractivity contribution in [3.05, 3.63) is 22.2 Å². The quantitative estimate of drug-likeness (QED) is 0.592. The summed E-state index contributed by atoms with van der Waals surface area (Å²) in [6.45, 7) is 4.85. The van der Waals surface area contributed by atoms with Gasteiger partial charge in [0.15, 0.2) is 17.2 Å².